The molecule has 202 valence electrons. The van der Waals surface area contributed by atoms with E-state index < -0.39 is 11.6 Å². The lowest BCUT2D eigenvalue weighted by Gasteiger charge is -2.46. The molecular weight excluding hydrogens is 497 g/mol. The van der Waals surface area contributed by atoms with E-state index in [9.17, 15) is 14.3 Å². The second kappa shape index (κ2) is 10.9. The van der Waals surface area contributed by atoms with Gasteiger partial charge in [0.05, 0.1) is 31.0 Å². The van der Waals surface area contributed by atoms with Crippen LogP contribution in [0.4, 0.5) is 14.9 Å². The number of ether oxygens (including phenoxy) is 2. The molecular formula is C31H32FN3O4. The van der Waals surface area contributed by atoms with Crippen molar-refractivity contribution in [1.82, 2.24) is 10.3 Å². The maximum absolute atomic E-state index is 13.8. The first-order valence-electron chi connectivity index (χ1n) is 13.0. The zero-order chi connectivity index (χ0) is 27.6. The van der Waals surface area contributed by atoms with Crippen molar-refractivity contribution >= 4 is 22.7 Å². The highest BCUT2D eigenvalue weighted by molar-refractivity contribution is 5.99. The summed E-state index contributed by atoms with van der Waals surface area (Å²) in [6, 6.07) is 19.7. The standard InChI is InChI=1S/C31H32FN3O4/c1-20(19-35(30(36)37)27-13-14-33-26-7-5-4-6-24(26)27)31(18-21-8-10-23(32)11-9-21)25-17-29(39-3)28(38-2)16-22(25)12-15-34-31/h4-11,13-14,16-17,20,34H,12,15,18-19H2,1-3H3,(H,36,37). The van der Waals surface area contributed by atoms with Gasteiger partial charge < -0.3 is 19.9 Å². The van der Waals surface area contributed by atoms with Crippen LogP contribution in [0.1, 0.15) is 23.6 Å². The largest absolute Gasteiger partial charge is 0.493 e. The summed E-state index contributed by atoms with van der Waals surface area (Å²) in [5.41, 5.74) is 3.72. The lowest BCUT2D eigenvalue weighted by atomic mass is 9.70. The molecule has 0 saturated carbocycles. The first-order valence-corrected chi connectivity index (χ1v) is 13.0. The number of pyridine rings is 1. The van der Waals surface area contributed by atoms with Crippen molar-refractivity contribution < 1.29 is 23.8 Å². The van der Waals surface area contributed by atoms with Crippen LogP contribution in [0, 0.1) is 11.7 Å². The van der Waals surface area contributed by atoms with Crippen LogP contribution < -0.4 is 19.7 Å². The number of hydrogen-bond donors (Lipinski definition) is 2. The number of amides is 1. The molecule has 2 atom stereocenters. The van der Waals surface area contributed by atoms with Crippen molar-refractivity contribution in [3.8, 4) is 11.5 Å². The number of fused-ring (bicyclic) bond motifs is 2. The zero-order valence-electron chi connectivity index (χ0n) is 22.3. The Morgan fingerprint density at radius 1 is 1.10 bits per heavy atom. The van der Waals surface area contributed by atoms with Gasteiger partial charge >= 0.3 is 6.09 Å². The molecule has 0 fully saturated rings. The summed E-state index contributed by atoms with van der Waals surface area (Å²) in [4.78, 5) is 18.5. The second-order valence-corrected chi connectivity index (χ2v) is 9.96. The number of carboxylic acid groups (broad SMARTS) is 1. The van der Waals surface area contributed by atoms with Crippen molar-refractivity contribution in [3.05, 3.63) is 95.4 Å². The van der Waals surface area contributed by atoms with E-state index in [-0.39, 0.29) is 18.3 Å². The number of methoxy groups -OCH3 is 2. The molecule has 39 heavy (non-hydrogen) atoms. The lowest BCUT2D eigenvalue weighted by molar-refractivity contribution is 0.187. The summed E-state index contributed by atoms with van der Waals surface area (Å²) in [6.45, 7) is 2.96. The number of para-hydroxylation sites is 1. The molecule has 3 aromatic carbocycles. The van der Waals surface area contributed by atoms with Crippen molar-refractivity contribution in [2.75, 3.05) is 32.2 Å². The zero-order valence-corrected chi connectivity index (χ0v) is 22.3. The first-order chi connectivity index (χ1) is 18.9. The molecule has 7 nitrogen and oxygen atoms in total. The highest BCUT2D eigenvalue weighted by atomic mass is 19.1. The second-order valence-electron chi connectivity index (χ2n) is 9.96. The molecule has 4 aromatic rings. The van der Waals surface area contributed by atoms with Crippen LogP contribution in [0.3, 0.4) is 0 Å². The Labute approximate surface area is 227 Å². The fourth-order valence-electron chi connectivity index (χ4n) is 5.78. The van der Waals surface area contributed by atoms with E-state index in [4.69, 9.17) is 9.47 Å². The van der Waals surface area contributed by atoms with Crippen molar-refractivity contribution in [3.63, 3.8) is 0 Å². The maximum atomic E-state index is 13.8. The Morgan fingerprint density at radius 3 is 2.54 bits per heavy atom. The molecule has 0 saturated heterocycles. The minimum absolute atomic E-state index is 0.206. The lowest BCUT2D eigenvalue weighted by Crippen LogP contribution is -2.56. The number of carbonyl (C=O) groups is 1. The minimum atomic E-state index is -1.04. The smallest absolute Gasteiger partial charge is 0.411 e. The molecule has 1 aliphatic rings. The van der Waals surface area contributed by atoms with E-state index in [0.717, 1.165) is 34.0 Å². The SMILES string of the molecule is COc1cc2c(cc1OC)C(Cc1ccc(F)cc1)(C(C)CN(C(=O)O)c1ccnc3ccccc13)NCC2. The third-order valence-electron chi connectivity index (χ3n) is 7.77. The highest BCUT2D eigenvalue weighted by Crippen LogP contribution is 2.44. The van der Waals surface area contributed by atoms with Gasteiger partial charge in [0.25, 0.3) is 0 Å². The molecule has 1 aromatic heterocycles. The van der Waals surface area contributed by atoms with Crippen LogP contribution in [0.5, 0.6) is 11.5 Å². The van der Waals surface area contributed by atoms with Crippen molar-refractivity contribution in [1.29, 1.82) is 0 Å². The summed E-state index contributed by atoms with van der Waals surface area (Å²) in [5.74, 6) is 0.747. The predicted molar refractivity (Wildman–Crippen MR) is 149 cm³/mol. The van der Waals surface area contributed by atoms with Gasteiger partial charge in [0.15, 0.2) is 11.5 Å². The van der Waals surface area contributed by atoms with Gasteiger partial charge in [-0.25, -0.2) is 9.18 Å². The fourth-order valence-corrected chi connectivity index (χ4v) is 5.78. The van der Waals surface area contributed by atoms with E-state index in [0.29, 0.717) is 30.2 Å². The van der Waals surface area contributed by atoms with Gasteiger partial charge in [0.2, 0.25) is 0 Å². The van der Waals surface area contributed by atoms with Gasteiger partial charge in [0, 0.05) is 24.7 Å². The average molecular weight is 530 g/mol. The Balaban J connectivity index is 1.63. The molecule has 8 heteroatoms. The van der Waals surface area contributed by atoms with Crippen LogP contribution >= 0.6 is 0 Å². The summed E-state index contributed by atoms with van der Waals surface area (Å²) in [5, 5.41) is 14.9. The molecule has 2 unspecified atom stereocenters. The number of nitrogens with one attached hydrogen (secondary N) is 1. The molecule has 1 aliphatic heterocycles. The Hall–Kier alpha value is -4.17. The Morgan fingerprint density at radius 2 is 1.82 bits per heavy atom. The summed E-state index contributed by atoms with van der Waals surface area (Å²) in [7, 11) is 3.22. The molecule has 0 bridgehead atoms. The number of rotatable bonds is 8. The number of aromatic nitrogens is 1. The van der Waals surface area contributed by atoms with Crippen molar-refractivity contribution in [2.45, 2.75) is 25.3 Å². The van der Waals surface area contributed by atoms with Crippen LogP contribution in [0.25, 0.3) is 10.9 Å². The highest BCUT2D eigenvalue weighted by Gasteiger charge is 2.43. The molecule has 5 rings (SSSR count). The first kappa shape index (κ1) is 26.4. The van der Waals surface area contributed by atoms with Crippen LogP contribution in [0.2, 0.25) is 0 Å². The quantitative estimate of drug-likeness (QED) is 0.300. The van der Waals surface area contributed by atoms with Crippen molar-refractivity contribution in [2.24, 2.45) is 5.92 Å². The normalized spacial score (nSPS) is 17.3. The predicted octanol–water partition coefficient (Wildman–Crippen LogP) is 5.80. The van der Waals surface area contributed by atoms with Gasteiger partial charge in [-0.1, -0.05) is 37.3 Å². The molecule has 2 heterocycles. The number of anilines is 1. The molecule has 0 aliphatic carbocycles. The van der Waals surface area contributed by atoms with Crippen LogP contribution in [0.15, 0.2) is 72.9 Å². The number of halogens is 1. The average Bonchev–Trinajstić information content (AvgIpc) is 2.96. The van der Waals surface area contributed by atoms with Crippen LogP contribution in [-0.4, -0.2) is 43.5 Å². The van der Waals surface area contributed by atoms with Gasteiger partial charge in [-0.15, -0.1) is 0 Å². The van der Waals surface area contributed by atoms with Gasteiger partial charge in [0.1, 0.15) is 5.82 Å². The van der Waals surface area contributed by atoms with Gasteiger partial charge in [-0.3, -0.25) is 9.88 Å². The van der Waals surface area contributed by atoms with E-state index >= 15 is 0 Å². The van der Waals surface area contributed by atoms with Gasteiger partial charge in [-0.2, -0.15) is 0 Å². The molecule has 2 N–H and O–H groups in total. The van der Waals surface area contributed by atoms with E-state index in [1.54, 1.807) is 38.6 Å². The summed E-state index contributed by atoms with van der Waals surface area (Å²) >= 11 is 0. The van der Waals surface area contributed by atoms with Crippen LogP contribution in [-0.2, 0) is 18.4 Å². The molecule has 0 spiro atoms. The molecule has 1 amide bonds. The third kappa shape index (κ3) is 5.00. The third-order valence-corrected chi connectivity index (χ3v) is 7.77. The fraction of sp³-hybridized carbons (Fsp3) is 0.290. The van der Waals surface area contributed by atoms with E-state index in [1.165, 1.54) is 17.0 Å². The van der Waals surface area contributed by atoms with E-state index in [1.807, 2.05) is 36.4 Å². The molecule has 0 radical (unpaired) electrons. The number of hydrogen-bond acceptors (Lipinski definition) is 5. The van der Waals surface area contributed by atoms with E-state index in [2.05, 4.69) is 17.2 Å². The minimum Gasteiger partial charge on any atom is -0.493 e. The topological polar surface area (TPSA) is 83.9 Å². The summed E-state index contributed by atoms with van der Waals surface area (Å²) in [6.07, 6.45) is 1.91. The monoisotopic (exact) mass is 529 g/mol. The Kier molecular flexibility index (Phi) is 7.39. The van der Waals surface area contributed by atoms with Gasteiger partial charge in [-0.05, 0) is 71.8 Å². The summed E-state index contributed by atoms with van der Waals surface area (Å²) < 4.78 is 25.0. The number of nitrogens with zero attached hydrogens (tertiary/aromatic N) is 2. The maximum Gasteiger partial charge on any atom is 0.411 e. The number of benzene rings is 3. The Bertz CT molecular complexity index is 1490.